The summed E-state index contributed by atoms with van der Waals surface area (Å²) in [7, 11) is 1.25. The molecule has 0 N–H and O–H groups in total. The average Bonchev–Trinajstić information content (AvgIpc) is 2.45. The van der Waals surface area contributed by atoms with Crippen LogP contribution < -0.4 is 4.74 Å². The zero-order chi connectivity index (χ0) is 14.1. The lowest BCUT2D eigenvalue weighted by molar-refractivity contribution is -0.135. The van der Waals surface area contributed by atoms with E-state index in [1.165, 1.54) is 13.2 Å². The number of esters is 1. The standard InChI is InChI=1S/C15H17NO3/c1-3-4-9-19-14-7-5-12(6-8-14)10-13(11-16)15(17)18-2/h5-8,10H,3-4,9H2,1-2H3/b13-10-. The van der Waals surface area contributed by atoms with Crippen molar-refractivity contribution in [2.45, 2.75) is 19.8 Å². The van der Waals surface area contributed by atoms with Crippen molar-refractivity contribution in [1.29, 1.82) is 5.26 Å². The van der Waals surface area contributed by atoms with Gasteiger partial charge in [-0.1, -0.05) is 25.5 Å². The van der Waals surface area contributed by atoms with Gasteiger partial charge in [-0.3, -0.25) is 0 Å². The van der Waals surface area contributed by atoms with Crippen molar-refractivity contribution in [2.24, 2.45) is 0 Å². The number of hydrogen-bond acceptors (Lipinski definition) is 4. The second-order valence-corrected chi connectivity index (χ2v) is 3.93. The molecule has 100 valence electrons. The molecule has 0 aliphatic heterocycles. The van der Waals surface area contributed by atoms with E-state index in [0.717, 1.165) is 24.2 Å². The maximum absolute atomic E-state index is 11.3. The highest BCUT2D eigenvalue weighted by atomic mass is 16.5. The highest BCUT2D eigenvalue weighted by Gasteiger charge is 2.08. The second-order valence-electron chi connectivity index (χ2n) is 3.93. The predicted molar refractivity (Wildman–Crippen MR) is 72.5 cm³/mol. The van der Waals surface area contributed by atoms with Crippen molar-refractivity contribution in [3.63, 3.8) is 0 Å². The van der Waals surface area contributed by atoms with Crippen molar-refractivity contribution in [3.05, 3.63) is 35.4 Å². The summed E-state index contributed by atoms with van der Waals surface area (Å²) in [4.78, 5) is 11.3. The van der Waals surface area contributed by atoms with Crippen molar-refractivity contribution >= 4 is 12.0 Å². The second kappa shape index (κ2) is 7.93. The Morgan fingerprint density at radius 3 is 2.58 bits per heavy atom. The number of nitrogens with zero attached hydrogens (tertiary/aromatic N) is 1. The quantitative estimate of drug-likeness (QED) is 0.341. The molecular formula is C15H17NO3. The number of nitriles is 1. The van der Waals surface area contributed by atoms with E-state index in [1.807, 2.05) is 18.2 Å². The summed E-state index contributed by atoms with van der Waals surface area (Å²) in [5, 5.41) is 8.84. The first kappa shape index (κ1) is 14.8. The molecule has 1 aromatic carbocycles. The van der Waals surface area contributed by atoms with Crippen LogP contribution in [0.5, 0.6) is 5.75 Å². The Morgan fingerprint density at radius 1 is 1.37 bits per heavy atom. The molecule has 19 heavy (non-hydrogen) atoms. The van der Waals surface area contributed by atoms with Crippen LogP contribution in [-0.2, 0) is 9.53 Å². The molecule has 0 bridgehead atoms. The lowest BCUT2D eigenvalue weighted by Crippen LogP contribution is -2.02. The van der Waals surface area contributed by atoms with Gasteiger partial charge in [-0.15, -0.1) is 0 Å². The Morgan fingerprint density at radius 2 is 2.05 bits per heavy atom. The average molecular weight is 259 g/mol. The fraction of sp³-hybridized carbons (Fsp3) is 0.333. The molecule has 0 aliphatic carbocycles. The van der Waals surface area contributed by atoms with Crippen LogP contribution in [0.2, 0.25) is 0 Å². The summed E-state index contributed by atoms with van der Waals surface area (Å²) >= 11 is 0. The van der Waals surface area contributed by atoms with Gasteiger partial charge in [0.25, 0.3) is 0 Å². The van der Waals surface area contributed by atoms with Gasteiger partial charge in [0, 0.05) is 0 Å². The first-order valence-corrected chi connectivity index (χ1v) is 6.14. The third-order valence-electron chi connectivity index (χ3n) is 2.48. The molecule has 0 aromatic heterocycles. The van der Waals surface area contributed by atoms with E-state index in [-0.39, 0.29) is 5.57 Å². The van der Waals surface area contributed by atoms with E-state index in [4.69, 9.17) is 10.00 Å². The summed E-state index contributed by atoms with van der Waals surface area (Å²) in [6, 6.07) is 9.03. The highest BCUT2D eigenvalue weighted by molar-refractivity contribution is 5.97. The summed E-state index contributed by atoms with van der Waals surface area (Å²) in [5.41, 5.74) is 0.729. The summed E-state index contributed by atoms with van der Waals surface area (Å²) in [6.45, 7) is 2.80. The van der Waals surface area contributed by atoms with Crippen LogP contribution in [-0.4, -0.2) is 19.7 Å². The van der Waals surface area contributed by atoms with Gasteiger partial charge in [-0.2, -0.15) is 5.26 Å². The van der Waals surface area contributed by atoms with E-state index in [9.17, 15) is 4.79 Å². The third kappa shape index (κ3) is 4.84. The molecule has 4 heteroatoms. The Kier molecular flexibility index (Phi) is 6.17. The monoisotopic (exact) mass is 259 g/mol. The number of hydrogen-bond donors (Lipinski definition) is 0. The van der Waals surface area contributed by atoms with Crippen LogP contribution in [0.3, 0.4) is 0 Å². The molecule has 0 fully saturated rings. The number of carbonyl (C=O) groups excluding carboxylic acids is 1. The van der Waals surface area contributed by atoms with Crippen LogP contribution in [0, 0.1) is 11.3 Å². The number of carbonyl (C=O) groups is 1. The van der Waals surface area contributed by atoms with Crippen LogP contribution in [0.4, 0.5) is 0 Å². The topological polar surface area (TPSA) is 59.3 Å². The van der Waals surface area contributed by atoms with Gasteiger partial charge in [-0.05, 0) is 30.2 Å². The summed E-state index contributed by atoms with van der Waals surface area (Å²) in [6.07, 6.45) is 3.59. The minimum absolute atomic E-state index is 0.0258. The van der Waals surface area contributed by atoms with E-state index < -0.39 is 5.97 Å². The Bertz CT molecular complexity index is 483. The number of ether oxygens (including phenoxy) is 2. The van der Waals surface area contributed by atoms with Crippen molar-refractivity contribution < 1.29 is 14.3 Å². The summed E-state index contributed by atoms with van der Waals surface area (Å²) in [5.74, 6) is 0.146. The molecule has 0 unspecified atom stereocenters. The van der Waals surface area contributed by atoms with E-state index >= 15 is 0 Å². The fourth-order valence-corrected chi connectivity index (χ4v) is 1.41. The maximum Gasteiger partial charge on any atom is 0.348 e. The SMILES string of the molecule is CCCCOc1ccc(/C=C(/C#N)C(=O)OC)cc1. The minimum Gasteiger partial charge on any atom is -0.494 e. The van der Waals surface area contributed by atoms with Gasteiger partial charge in [-0.25, -0.2) is 4.79 Å². The van der Waals surface area contributed by atoms with Crippen molar-refractivity contribution in [3.8, 4) is 11.8 Å². The lowest BCUT2D eigenvalue weighted by atomic mass is 10.1. The number of rotatable bonds is 6. The van der Waals surface area contributed by atoms with Gasteiger partial charge >= 0.3 is 5.97 Å². The zero-order valence-corrected chi connectivity index (χ0v) is 11.2. The van der Waals surface area contributed by atoms with E-state index in [0.29, 0.717) is 6.61 Å². The van der Waals surface area contributed by atoms with Gasteiger partial charge in [0.1, 0.15) is 17.4 Å². The van der Waals surface area contributed by atoms with Gasteiger partial charge < -0.3 is 9.47 Å². The third-order valence-corrected chi connectivity index (χ3v) is 2.48. The molecule has 0 atom stereocenters. The van der Waals surface area contributed by atoms with Crippen LogP contribution >= 0.6 is 0 Å². The van der Waals surface area contributed by atoms with Crippen molar-refractivity contribution in [2.75, 3.05) is 13.7 Å². The Hall–Kier alpha value is -2.28. The van der Waals surface area contributed by atoms with Crippen LogP contribution in [0.25, 0.3) is 6.08 Å². The maximum atomic E-state index is 11.3. The number of benzene rings is 1. The Labute approximate surface area is 113 Å². The molecule has 0 saturated carbocycles. The predicted octanol–water partition coefficient (Wildman–Crippen LogP) is 2.95. The molecule has 0 amide bonds. The van der Waals surface area contributed by atoms with Crippen molar-refractivity contribution in [1.82, 2.24) is 0 Å². The Balaban J connectivity index is 2.73. The number of unbranched alkanes of at least 4 members (excludes halogenated alkanes) is 1. The smallest absolute Gasteiger partial charge is 0.348 e. The fourth-order valence-electron chi connectivity index (χ4n) is 1.41. The van der Waals surface area contributed by atoms with Crippen LogP contribution in [0.1, 0.15) is 25.3 Å². The molecular weight excluding hydrogens is 242 g/mol. The van der Waals surface area contributed by atoms with Gasteiger partial charge in [0.2, 0.25) is 0 Å². The zero-order valence-electron chi connectivity index (χ0n) is 11.2. The molecule has 1 rings (SSSR count). The number of methoxy groups -OCH3 is 1. The minimum atomic E-state index is -0.634. The van der Waals surface area contributed by atoms with Gasteiger partial charge in [0.05, 0.1) is 13.7 Å². The molecule has 4 nitrogen and oxygen atoms in total. The largest absolute Gasteiger partial charge is 0.494 e. The summed E-state index contributed by atoms with van der Waals surface area (Å²) < 4.78 is 10.0. The normalized spacial score (nSPS) is 10.7. The molecule has 0 radical (unpaired) electrons. The van der Waals surface area contributed by atoms with E-state index in [1.54, 1.807) is 12.1 Å². The van der Waals surface area contributed by atoms with E-state index in [2.05, 4.69) is 11.7 Å². The van der Waals surface area contributed by atoms with Gasteiger partial charge in [0.15, 0.2) is 0 Å². The molecule has 0 heterocycles. The first-order chi connectivity index (χ1) is 9.21. The molecule has 0 aliphatic rings. The molecule has 1 aromatic rings. The molecule has 0 saturated heterocycles. The highest BCUT2D eigenvalue weighted by Crippen LogP contribution is 2.15. The lowest BCUT2D eigenvalue weighted by Gasteiger charge is -2.05. The first-order valence-electron chi connectivity index (χ1n) is 6.14. The van der Waals surface area contributed by atoms with Crippen LogP contribution in [0.15, 0.2) is 29.8 Å². The molecule has 0 spiro atoms.